The van der Waals surface area contributed by atoms with E-state index in [1.807, 2.05) is 30.6 Å². The van der Waals surface area contributed by atoms with E-state index < -0.39 is 0 Å². The van der Waals surface area contributed by atoms with Gasteiger partial charge in [-0.15, -0.1) is 0 Å². The molecule has 5 heteroatoms. The number of aromatic nitrogens is 4. The van der Waals surface area contributed by atoms with Crippen molar-refractivity contribution in [3.8, 4) is 0 Å². The fourth-order valence-corrected chi connectivity index (χ4v) is 2.41. The molecule has 0 spiro atoms. The van der Waals surface area contributed by atoms with Gasteiger partial charge in [0.15, 0.2) is 5.65 Å². The molecule has 0 aliphatic carbocycles. The highest BCUT2D eigenvalue weighted by Crippen LogP contribution is 2.17. The Hall–Kier alpha value is -2.95. The Kier molecular flexibility index (Phi) is 2.74. The number of hydrogen-bond donors (Lipinski definition) is 1. The van der Waals surface area contributed by atoms with E-state index in [-0.39, 0.29) is 0 Å². The molecule has 0 unspecified atom stereocenters. The lowest BCUT2D eigenvalue weighted by Crippen LogP contribution is -2.03. The van der Waals surface area contributed by atoms with Crippen LogP contribution in [0.5, 0.6) is 0 Å². The van der Waals surface area contributed by atoms with Crippen molar-refractivity contribution in [1.29, 1.82) is 0 Å². The van der Waals surface area contributed by atoms with Crippen LogP contribution in [0.2, 0.25) is 0 Å². The largest absolute Gasteiger partial charge is 0.366 e. The van der Waals surface area contributed by atoms with Gasteiger partial charge in [-0.1, -0.05) is 24.3 Å². The minimum Gasteiger partial charge on any atom is -0.366 e. The third-order valence-corrected chi connectivity index (χ3v) is 3.43. The van der Waals surface area contributed by atoms with E-state index >= 15 is 0 Å². The standard InChI is InChI=1S/C16H13N5/c1-3-12-5-2-8-17-16(12)13(4-1)11-18-14-7-10-21-15(20-14)6-9-19-21/h1-10H,11H2,(H,18,20). The zero-order valence-corrected chi connectivity index (χ0v) is 11.3. The molecule has 0 saturated heterocycles. The number of anilines is 1. The normalized spacial score (nSPS) is 11.0. The molecule has 0 aliphatic rings. The molecule has 4 aromatic rings. The van der Waals surface area contributed by atoms with Crippen LogP contribution in [0.1, 0.15) is 5.56 Å². The van der Waals surface area contributed by atoms with Crippen molar-refractivity contribution in [2.75, 3.05) is 5.32 Å². The van der Waals surface area contributed by atoms with Gasteiger partial charge in [-0.3, -0.25) is 4.98 Å². The Morgan fingerprint density at radius 3 is 2.95 bits per heavy atom. The van der Waals surface area contributed by atoms with Crippen LogP contribution >= 0.6 is 0 Å². The van der Waals surface area contributed by atoms with Crippen LogP contribution in [0, 0.1) is 0 Å². The molecule has 0 saturated carbocycles. The van der Waals surface area contributed by atoms with E-state index in [2.05, 4.69) is 44.6 Å². The van der Waals surface area contributed by atoms with Crippen molar-refractivity contribution in [3.05, 3.63) is 66.6 Å². The van der Waals surface area contributed by atoms with Crippen molar-refractivity contribution in [2.45, 2.75) is 6.54 Å². The first kappa shape index (κ1) is 11.8. The SMILES string of the molecule is c1cnc2c(CNc3ccn4nccc4n3)cccc2c1. The van der Waals surface area contributed by atoms with E-state index in [9.17, 15) is 0 Å². The maximum Gasteiger partial charge on any atom is 0.157 e. The highest BCUT2D eigenvalue weighted by Gasteiger charge is 2.03. The summed E-state index contributed by atoms with van der Waals surface area (Å²) in [5.74, 6) is 0.830. The molecule has 1 aromatic carbocycles. The Morgan fingerprint density at radius 2 is 1.95 bits per heavy atom. The average molecular weight is 275 g/mol. The monoisotopic (exact) mass is 275 g/mol. The number of benzene rings is 1. The van der Waals surface area contributed by atoms with Crippen molar-refractivity contribution in [3.63, 3.8) is 0 Å². The number of fused-ring (bicyclic) bond motifs is 2. The van der Waals surface area contributed by atoms with E-state index in [4.69, 9.17) is 0 Å². The summed E-state index contributed by atoms with van der Waals surface area (Å²) < 4.78 is 1.74. The summed E-state index contributed by atoms with van der Waals surface area (Å²) in [4.78, 5) is 8.96. The summed E-state index contributed by atoms with van der Waals surface area (Å²) in [6, 6.07) is 14.0. The lowest BCUT2D eigenvalue weighted by Gasteiger charge is -2.08. The summed E-state index contributed by atoms with van der Waals surface area (Å²) in [5.41, 5.74) is 3.01. The van der Waals surface area contributed by atoms with E-state index in [1.165, 1.54) is 0 Å². The molecular formula is C16H13N5. The molecule has 0 atom stereocenters. The second-order valence-electron chi connectivity index (χ2n) is 4.79. The number of hydrogen-bond acceptors (Lipinski definition) is 4. The van der Waals surface area contributed by atoms with Gasteiger partial charge in [0.25, 0.3) is 0 Å². The van der Waals surface area contributed by atoms with E-state index in [0.717, 1.165) is 27.9 Å². The van der Waals surface area contributed by atoms with Crippen molar-refractivity contribution in [1.82, 2.24) is 19.6 Å². The van der Waals surface area contributed by atoms with E-state index in [1.54, 1.807) is 10.7 Å². The number of pyridine rings is 1. The minimum absolute atomic E-state index is 0.686. The van der Waals surface area contributed by atoms with Crippen LogP contribution in [-0.4, -0.2) is 19.6 Å². The number of nitrogens with one attached hydrogen (secondary N) is 1. The third kappa shape index (κ3) is 2.18. The van der Waals surface area contributed by atoms with Gasteiger partial charge in [0.05, 0.1) is 11.7 Å². The maximum absolute atomic E-state index is 4.50. The van der Waals surface area contributed by atoms with Gasteiger partial charge in [-0.2, -0.15) is 5.10 Å². The highest BCUT2D eigenvalue weighted by atomic mass is 15.2. The van der Waals surface area contributed by atoms with Gasteiger partial charge in [0, 0.05) is 30.4 Å². The predicted molar refractivity (Wildman–Crippen MR) is 82.1 cm³/mol. The zero-order chi connectivity index (χ0) is 14.1. The number of nitrogens with zero attached hydrogens (tertiary/aromatic N) is 4. The second kappa shape index (κ2) is 4.86. The molecule has 0 amide bonds. The number of para-hydroxylation sites is 1. The van der Waals surface area contributed by atoms with Gasteiger partial charge in [0.1, 0.15) is 5.82 Å². The summed E-state index contributed by atoms with van der Waals surface area (Å²) in [6.07, 6.45) is 5.45. The van der Waals surface area contributed by atoms with Gasteiger partial charge >= 0.3 is 0 Å². The molecule has 0 radical (unpaired) electrons. The second-order valence-corrected chi connectivity index (χ2v) is 4.79. The molecule has 3 aromatic heterocycles. The first-order valence-electron chi connectivity index (χ1n) is 6.77. The maximum atomic E-state index is 4.50. The lowest BCUT2D eigenvalue weighted by atomic mass is 10.1. The summed E-state index contributed by atoms with van der Waals surface area (Å²) >= 11 is 0. The molecule has 4 rings (SSSR count). The highest BCUT2D eigenvalue weighted by molar-refractivity contribution is 5.81. The molecule has 0 bridgehead atoms. The Bertz CT molecular complexity index is 907. The fraction of sp³-hybridized carbons (Fsp3) is 0.0625. The van der Waals surface area contributed by atoms with Gasteiger partial charge < -0.3 is 5.32 Å². The summed E-state index contributed by atoms with van der Waals surface area (Å²) in [7, 11) is 0. The van der Waals surface area contributed by atoms with Crippen LogP contribution in [0.25, 0.3) is 16.6 Å². The molecule has 5 nitrogen and oxygen atoms in total. The van der Waals surface area contributed by atoms with Crippen LogP contribution < -0.4 is 5.32 Å². The fourth-order valence-electron chi connectivity index (χ4n) is 2.41. The van der Waals surface area contributed by atoms with Crippen LogP contribution in [0.15, 0.2) is 61.1 Å². The van der Waals surface area contributed by atoms with Crippen molar-refractivity contribution >= 4 is 22.4 Å². The molecule has 3 heterocycles. The first-order valence-corrected chi connectivity index (χ1v) is 6.77. The molecule has 0 aliphatic heterocycles. The van der Waals surface area contributed by atoms with Crippen LogP contribution in [0.3, 0.4) is 0 Å². The van der Waals surface area contributed by atoms with Gasteiger partial charge in [-0.05, 0) is 17.7 Å². The smallest absolute Gasteiger partial charge is 0.157 e. The average Bonchev–Trinajstić information content (AvgIpc) is 3.00. The van der Waals surface area contributed by atoms with Crippen molar-refractivity contribution < 1.29 is 0 Å². The van der Waals surface area contributed by atoms with Gasteiger partial charge in [-0.25, -0.2) is 9.50 Å². The minimum atomic E-state index is 0.686. The van der Waals surface area contributed by atoms with E-state index in [0.29, 0.717) is 6.54 Å². The molecule has 21 heavy (non-hydrogen) atoms. The summed E-state index contributed by atoms with van der Waals surface area (Å²) in [5, 5.41) is 8.63. The van der Waals surface area contributed by atoms with Crippen LogP contribution in [-0.2, 0) is 6.54 Å². The molecular weight excluding hydrogens is 262 g/mol. The van der Waals surface area contributed by atoms with Crippen LogP contribution in [0.4, 0.5) is 5.82 Å². The summed E-state index contributed by atoms with van der Waals surface area (Å²) in [6.45, 7) is 0.686. The third-order valence-electron chi connectivity index (χ3n) is 3.43. The first-order chi connectivity index (χ1) is 10.4. The topological polar surface area (TPSA) is 55.1 Å². The number of rotatable bonds is 3. The molecule has 102 valence electrons. The predicted octanol–water partition coefficient (Wildman–Crippen LogP) is 2.89. The molecule has 1 N–H and O–H groups in total. The Balaban J connectivity index is 1.63. The Morgan fingerprint density at radius 1 is 1.00 bits per heavy atom. The van der Waals surface area contributed by atoms with Crippen molar-refractivity contribution in [2.24, 2.45) is 0 Å². The Labute approximate surface area is 121 Å². The molecule has 0 fully saturated rings. The van der Waals surface area contributed by atoms with Gasteiger partial charge in [0.2, 0.25) is 0 Å². The lowest BCUT2D eigenvalue weighted by molar-refractivity contribution is 0.936. The zero-order valence-electron chi connectivity index (χ0n) is 11.3. The quantitative estimate of drug-likeness (QED) is 0.624.